The molecule has 0 radical (unpaired) electrons. The number of aryl methyl sites for hydroxylation is 2. The summed E-state index contributed by atoms with van der Waals surface area (Å²) in [5, 5.41) is 6.58. The van der Waals surface area contributed by atoms with Gasteiger partial charge in [0.25, 0.3) is 11.1 Å². The van der Waals surface area contributed by atoms with Crippen LogP contribution in [-0.2, 0) is 4.74 Å². The monoisotopic (exact) mass is 620 g/mol. The summed E-state index contributed by atoms with van der Waals surface area (Å²) in [6.07, 6.45) is 1.47. The highest BCUT2D eigenvalue weighted by Crippen LogP contribution is 2.36. The fourth-order valence-electron chi connectivity index (χ4n) is 5.46. The molecule has 6 aromatic rings. The van der Waals surface area contributed by atoms with Crippen LogP contribution in [0, 0.1) is 13.8 Å². The first-order chi connectivity index (χ1) is 21.8. The van der Waals surface area contributed by atoms with Crippen LogP contribution < -0.4 is 11.1 Å². The van der Waals surface area contributed by atoms with Gasteiger partial charge >= 0.3 is 5.97 Å². The number of aromatic amines is 2. The number of hydrogen-bond donors (Lipinski definition) is 2. The summed E-state index contributed by atoms with van der Waals surface area (Å²) in [5.41, 5.74) is 3.31. The maximum Gasteiger partial charge on any atom is 0.339 e. The van der Waals surface area contributed by atoms with E-state index in [0.717, 1.165) is 0 Å². The Morgan fingerprint density at radius 3 is 1.96 bits per heavy atom. The number of rotatable bonds is 9. The van der Waals surface area contributed by atoms with Gasteiger partial charge in [-0.05, 0) is 68.4 Å². The number of halogens is 1. The number of benzene rings is 3. The Morgan fingerprint density at radius 1 is 0.867 bits per heavy atom. The maximum absolute atomic E-state index is 14.1. The van der Waals surface area contributed by atoms with Gasteiger partial charge in [0, 0.05) is 17.0 Å². The number of H-pyrrole nitrogens is 2. The zero-order chi connectivity index (χ0) is 31.7. The Kier molecular flexibility index (Phi) is 8.02. The SMILES string of the molecule is C=CCOC(=O)c1cc(-c2ccc(C(c3c(C)[nH]n(-c4ccccc4)c3=O)c3c(C)[nH]n(-c4ccccc4)c3=O)o2)ccc1Cl. The molecule has 3 aromatic heterocycles. The highest BCUT2D eigenvalue weighted by atomic mass is 35.5. The van der Waals surface area contributed by atoms with E-state index in [1.165, 1.54) is 15.4 Å². The third-order valence-corrected chi connectivity index (χ3v) is 7.88. The zero-order valence-corrected chi connectivity index (χ0v) is 25.3. The van der Waals surface area contributed by atoms with Crippen molar-refractivity contribution in [3.8, 4) is 22.7 Å². The van der Waals surface area contributed by atoms with Crippen LogP contribution in [0.5, 0.6) is 0 Å². The molecule has 0 fully saturated rings. The van der Waals surface area contributed by atoms with E-state index in [9.17, 15) is 14.4 Å². The number of para-hydroxylation sites is 2. The van der Waals surface area contributed by atoms with E-state index < -0.39 is 11.9 Å². The molecule has 45 heavy (non-hydrogen) atoms. The first kappa shape index (κ1) is 29.5. The molecule has 3 aromatic carbocycles. The van der Waals surface area contributed by atoms with Gasteiger partial charge in [0.15, 0.2) is 0 Å². The van der Waals surface area contributed by atoms with Crippen LogP contribution in [0.1, 0.15) is 44.6 Å². The smallest absolute Gasteiger partial charge is 0.339 e. The van der Waals surface area contributed by atoms with Gasteiger partial charge in [0.1, 0.15) is 18.1 Å². The first-order valence-corrected chi connectivity index (χ1v) is 14.6. The summed E-state index contributed by atoms with van der Waals surface area (Å²) >= 11 is 6.31. The zero-order valence-electron chi connectivity index (χ0n) is 24.5. The third kappa shape index (κ3) is 5.49. The molecule has 0 aliphatic carbocycles. The lowest BCUT2D eigenvalue weighted by molar-refractivity contribution is 0.0550. The minimum absolute atomic E-state index is 0.0407. The molecule has 9 nitrogen and oxygen atoms in total. The number of esters is 1. The van der Waals surface area contributed by atoms with E-state index in [1.54, 1.807) is 44.2 Å². The van der Waals surface area contributed by atoms with Crippen LogP contribution in [0.25, 0.3) is 22.7 Å². The Hall–Kier alpha value is -5.54. The van der Waals surface area contributed by atoms with Gasteiger partial charge in [-0.15, -0.1) is 0 Å². The van der Waals surface area contributed by atoms with Gasteiger partial charge in [0.2, 0.25) is 0 Å². The molecule has 0 aliphatic rings. The second kappa shape index (κ2) is 12.2. The topological polar surface area (TPSA) is 115 Å². The molecule has 0 bridgehead atoms. The quantitative estimate of drug-likeness (QED) is 0.138. The Labute approximate surface area is 262 Å². The number of furan rings is 1. The number of nitrogens with zero attached hydrogens (tertiary/aromatic N) is 2. The molecule has 0 spiro atoms. The van der Waals surface area contributed by atoms with Crippen LogP contribution in [0.4, 0.5) is 0 Å². The minimum atomic E-state index is -0.870. The van der Waals surface area contributed by atoms with Crippen LogP contribution in [0.15, 0.2) is 118 Å². The lowest BCUT2D eigenvalue weighted by Crippen LogP contribution is -2.25. The molecule has 226 valence electrons. The molecule has 6 rings (SSSR count). The second-order valence-electron chi connectivity index (χ2n) is 10.5. The molecule has 0 unspecified atom stereocenters. The van der Waals surface area contributed by atoms with Gasteiger partial charge < -0.3 is 9.15 Å². The third-order valence-electron chi connectivity index (χ3n) is 7.55. The molecule has 0 saturated heterocycles. The predicted octanol–water partition coefficient (Wildman–Crippen LogP) is 6.70. The largest absolute Gasteiger partial charge is 0.460 e. The second-order valence-corrected chi connectivity index (χ2v) is 10.9. The van der Waals surface area contributed by atoms with Gasteiger partial charge in [-0.1, -0.05) is 60.7 Å². The normalized spacial score (nSPS) is 11.2. The van der Waals surface area contributed by atoms with Crippen molar-refractivity contribution in [1.29, 1.82) is 0 Å². The van der Waals surface area contributed by atoms with Crippen LogP contribution >= 0.6 is 11.6 Å². The number of carbonyl (C=O) groups is 1. The summed E-state index contributed by atoms with van der Waals surface area (Å²) in [5.74, 6) is -0.683. The summed E-state index contributed by atoms with van der Waals surface area (Å²) < 4.78 is 14.5. The molecule has 0 saturated carbocycles. The van der Waals surface area contributed by atoms with Crippen molar-refractivity contribution in [2.24, 2.45) is 0 Å². The van der Waals surface area contributed by atoms with Gasteiger partial charge in [0.05, 0.1) is 39.0 Å². The molecule has 2 N–H and O–H groups in total. The van der Waals surface area contributed by atoms with E-state index in [1.807, 2.05) is 60.7 Å². The lowest BCUT2D eigenvalue weighted by atomic mass is 9.89. The van der Waals surface area contributed by atoms with E-state index in [0.29, 0.717) is 51.0 Å². The van der Waals surface area contributed by atoms with Crippen molar-refractivity contribution in [2.75, 3.05) is 6.61 Å². The highest BCUT2D eigenvalue weighted by Gasteiger charge is 2.33. The fourth-order valence-corrected chi connectivity index (χ4v) is 5.65. The van der Waals surface area contributed by atoms with Crippen LogP contribution in [0.3, 0.4) is 0 Å². The van der Waals surface area contributed by atoms with Crippen molar-refractivity contribution in [1.82, 2.24) is 19.6 Å². The molecule has 0 aliphatic heterocycles. The number of carbonyl (C=O) groups excluding carboxylic acids is 1. The van der Waals surface area contributed by atoms with Crippen molar-refractivity contribution >= 4 is 17.6 Å². The van der Waals surface area contributed by atoms with Crippen LogP contribution in [-0.4, -0.2) is 32.1 Å². The van der Waals surface area contributed by atoms with Gasteiger partial charge in [-0.25, -0.2) is 14.2 Å². The Balaban J connectivity index is 1.52. The van der Waals surface area contributed by atoms with Crippen molar-refractivity contribution in [3.63, 3.8) is 0 Å². The molecule has 0 amide bonds. The number of ether oxygens (including phenoxy) is 1. The number of nitrogens with one attached hydrogen (secondary N) is 2. The highest BCUT2D eigenvalue weighted by molar-refractivity contribution is 6.33. The van der Waals surface area contributed by atoms with Gasteiger partial charge in [-0.2, -0.15) is 0 Å². The standard InChI is InChI=1S/C35H29ClN4O5/c1-4-19-44-35(43)26-20-23(15-16-27(26)36)28-17-18-29(45-28)32(30-21(2)37-39(33(30)41)24-11-7-5-8-12-24)31-22(3)38-40(34(31)42)25-13-9-6-10-14-25/h4-18,20,32,37-38H,1,19H2,2-3H3. The average molecular weight is 621 g/mol. The molecule has 0 atom stereocenters. The van der Waals surface area contributed by atoms with E-state index in [4.69, 9.17) is 20.8 Å². The van der Waals surface area contributed by atoms with Crippen molar-refractivity contribution < 1.29 is 13.9 Å². The van der Waals surface area contributed by atoms with E-state index in [-0.39, 0.29) is 28.3 Å². The molecular formula is C35H29ClN4O5. The minimum Gasteiger partial charge on any atom is -0.460 e. The lowest BCUT2D eigenvalue weighted by Gasteiger charge is -2.13. The van der Waals surface area contributed by atoms with Crippen molar-refractivity contribution in [2.45, 2.75) is 19.8 Å². The Bertz CT molecular complexity index is 2040. The van der Waals surface area contributed by atoms with E-state index in [2.05, 4.69) is 16.8 Å². The number of aromatic nitrogens is 4. The predicted molar refractivity (Wildman–Crippen MR) is 173 cm³/mol. The van der Waals surface area contributed by atoms with Crippen LogP contribution in [0.2, 0.25) is 5.02 Å². The van der Waals surface area contributed by atoms with Gasteiger partial charge in [-0.3, -0.25) is 19.8 Å². The van der Waals surface area contributed by atoms with E-state index >= 15 is 0 Å². The summed E-state index contributed by atoms with van der Waals surface area (Å²) in [6, 6.07) is 26.8. The summed E-state index contributed by atoms with van der Waals surface area (Å²) in [4.78, 5) is 40.8. The Morgan fingerprint density at radius 2 is 1.42 bits per heavy atom. The maximum atomic E-state index is 14.1. The molecule has 10 heteroatoms. The molecular weight excluding hydrogens is 592 g/mol. The fraction of sp³-hybridized carbons (Fsp3) is 0.114. The molecule has 3 heterocycles. The first-order valence-electron chi connectivity index (χ1n) is 14.2. The average Bonchev–Trinajstić information content (AvgIpc) is 3.74. The number of hydrogen-bond acceptors (Lipinski definition) is 5. The summed E-state index contributed by atoms with van der Waals surface area (Å²) in [7, 11) is 0. The van der Waals surface area contributed by atoms with Crippen molar-refractivity contribution in [3.05, 3.63) is 163 Å². The summed E-state index contributed by atoms with van der Waals surface area (Å²) in [6.45, 7) is 7.20.